The molecule has 0 bridgehead atoms. The maximum atomic E-state index is 13.6. The number of hydrogen-bond acceptors (Lipinski definition) is 8. The fourth-order valence-corrected chi connectivity index (χ4v) is 4.68. The number of hydrazine groups is 1. The molecule has 3 aromatic rings. The lowest BCUT2D eigenvalue weighted by atomic mass is 10.1. The number of fused-ring (bicyclic) bond motifs is 1. The van der Waals surface area contributed by atoms with Crippen LogP contribution in [0.4, 0.5) is 5.69 Å². The van der Waals surface area contributed by atoms with Gasteiger partial charge in [-0.3, -0.25) is 14.6 Å². The molecule has 0 radical (unpaired) electrons. The normalized spacial score (nSPS) is 12.7. The van der Waals surface area contributed by atoms with Gasteiger partial charge in [-0.1, -0.05) is 43.1 Å². The van der Waals surface area contributed by atoms with Gasteiger partial charge in [0, 0.05) is 44.9 Å². The Kier molecular flexibility index (Phi) is 9.19. The molecule has 1 aromatic heterocycles. The van der Waals surface area contributed by atoms with Gasteiger partial charge in [-0.05, 0) is 48.2 Å². The number of nitrogens with zero attached hydrogens (tertiary/aromatic N) is 5. The molecule has 10 heteroatoms. The first-order chi connectivity index (χ1) is 18.8. The number of carbonyl (C=O) groups is 2. The van der Waals surface area contributed by atoms with Crippen LogP contribution in [0.2, 0.25) is 0 Å². The Morgan fingerprint density at radius 1 is 1.08 bits per heavy atom. The molecule has 2 heterocycles. The minimum atomic E-state index is -0.123. The predicted molar refractivity (Wildman–Crippen MR) is 149 cm³/mol. The topological polar surface area (TPSA) is 104 Å². The van der Waals surface area contributed by atoms with Gasteiger partial charge in [0.2, 0.25) is 17.6 Å². The number of likely N-dealkylation sites (N-methyl/N-ethyl adjacent to an activating group) is 1. The van der Waals surface area contributed by atoms with E-state index in [4.69, 9.17) is 9.26 Å². The SMILES string of the molecule is CCCCCNC(=O)CN(CC(=O)N(C)N1Cc2ccc(OC)cc2C1)c1cc(-c2noc(C)n2)ccc1C. The Labute approximate surface area is 229 Å². The van der Waals surface area contributed by atoms with E-state index >= 15 is 0 Å². The first kappa shape index (κ1) is 28.1. The number of ether oxygens (including phenoxy) is 1. The molecule has 2 aromatic carbocycles. The highest BCUT2D eigenvalue weighted by Gasteiger charge is 2.27. The number of methoxy groups -OCH3 is 1. The first-order valence-electron chi connectivity index (χ1n) is 13.4. The van der Waals surface area contributed by atoms with Crippen molar-refractivity contribution in [1.82, 2.24) is 25.5 Å². The van der Waals surface area contributed by atoms with Gasteiger partial charge in [0.25, 0.3) is 5.91 Å². The summed E-state index contributed by atoms with van der Waals surface area (Å²) in [5.41, 5.74) is 4.77. The first-order valence-corrected chi connectivity index (χ1v) is 13.4. The van der Waals surface area contributed by atoms with Gasteiger partial charge in [0.05, 0.1) is 20.2 Å². The van der Waals surface area contributed by atoms with Crippen LogP contribution in [0.3, 0.4) is 0 Å². The molecule has 2 amide bonds. The largest absolute Gasteiger partial charge is 0.497 e. The van der Waals surface area contributed by atoms with E-state index in [2.05, 4.69) is 22.4 Å². The lowest BCUT2D eigenvalue weighted by Crippen LogP contribution is -2.48. The Bertz CT molecular complexity index is 1310. The van der Waals surface area contributed by atoms with Crippen LogP contribution in [0, 0.1) is 13.8 Å². The molecule has 208 valence electrons. The lowest BCUT2D eigenvalue weighted by molar-refractivity contribution is -0.145. The van der Waals surface area contributed by atoms with E-state index in [0.29, 0.717) is 31.3 Å². The van der Waals surface area contributed by atoms with Crippen molar-refractivity contribution in [3.05, 3.63) is 59.0 Å². The fourth-order valence-electron chi connectivity index (χ4n) is 4.68. The standard InChI is InChI=1S/C29H38N6O4/c1-6-7-8-13-30-27(36)18-34(26-15-22(10-9-20(26)2)29-31-21(3)39-32-29)19-28(37)33(4)35-16-23-11-12-25(38-5)14-24(23)17-35/h9-12,14-15H,6-8,13,16-19H2,1-5H3,(H,30,36). The minimum Gasteiger partial charge on any atom is -0.497 e. The van der Waals surface area contributed by atoms with E-state index in [0.717, 1.165) is 53.0 Å². The van der Waals surface area contributed by atoms with Gasteiger partial charge >= 0.3 is 0 Å². The van der Waals surface area contributed by atoms with Crippen molar-refractivity contribution < 1.29 is 18.8 Å². The number of anilines is 1. The van der Waals surface area contributed by atoms with Crippen molar-refractivity contribution in [3.8, 4) is 17.1 Å². The molecular weight excluding hydrogens is 496 g/mol. The summed E-state index contributed by atoms with van der Waals surface area (Å²) in [6.45, 7) is 7.77. The summed E-state index contributed by atoms with van der Waals surface area (Å²) in [4.78, 5) is 32.7. The molecular formula is C29H38N6O4. The summed E-state index contributed by atoms with van der Waals surface area (Å²) in [6.07, 6.45) is 3.07. The van der Waals surface area contributed by atoms with Gasteiger partial charge in [-0.25, -0.2) is 5.01 Å². The zero-order chi connectivity index (χ0) is 27.9. The minimum absolute atomic E-state index is 0.0324. The molecule has 10 nitrogen and oxygen atoms in total. The van der Waals surface area contributed by atoms with Crippen LogP contribution >= 0.6 is 0 Å². The maximum absolute atomic E-state index is 13.6. The molecule has 0 unspecified atom stereocenters. The highest BCUT2D eigenvalue weighted by atomic mass is 16.5. The molecule has 0 saturated heterocycles. The number of aromatic nitrogens is 2. The second-order valence-corrected chi connectivity index (χ2v) is 9.93. The average Bonchev–Trinajstić information content (AvgIpc) is 3.56. The molecule has 1 aliphatic heterocycles. The number of unbranched alkanes of at least 4 members (excludes halogenated alkanes) is 2. The lowest BCUT2D eigenvalue weighted by Gasteiger charge is -2.32. The number of hydrogen-bond donors (Lipinski definition) is 1. The molecule has 39 heavy (non-hydrogen) atoms. The van der Waals surface area contributed by atoms with Crippen molar-refractivity contribution in [2.24, 2.45) is 0 Å². The molecule has 0 fully saturated rings. The third kappa shape index (κ3) is 6.94. The third-order valence-electron chi connectivity index (χ3n) is 7.00. The smallest absolute Gasteiger partial charge is 0.256 e. The van der Waals surface area contributed by atoms with Crippen LogP contribution in [0.5, 0.6) is 5.75 Å². The monoisotopic (exact) mass is 534 g/mol. The zero-order valence-corrected chi connectivity index (χ0v) is 23.5. The summed E-state index contributed by atoms with van der Waals surface area (Å²) in [6, 6.07) is 11.8. The Hall–Kier alpha value is -3.92. The van der Waals surface area contributed by atoms with Crippen LogP contribution in [0.1, 0.15) is 48.8 Å². The number of aryl methyl sites for hydroxylation is 2. The summed E-state index contributed by atoms with van der Waals surface area (Å²) >= 11 is 0. The van der Waals surface area contributed by atoms with Crippen LogP contribution in [0.15, 0.2) is 40.9 Å². The number of amides is 2. The third-order valence-corrected chi connectivity index (χ3v) is 7.00. The van der Waals surface area contributed by atoms with E-state index in [-0.39, 0.29) is 24.9 Å². The van der Waals surface area contributed by atoms with E-state index in [1.54, 1.807) is 26.1 Å². The van der Waals surface area contributed by atoms with E-state index < -0.39 is 0 Å². The van der Waals surface area contributed by atoms with E-state index in [9.17, 15) is 9.59 Å². The van der Waals surface area contributed by atoms with Gasteiger partial charge in [-0.2, -0.15) is 4.98 Å². The Balaban J connectivity index is 1.53. The maximum Gasteiger partial charge on any atom is 0.256 e. The highest BCUT2D eigenvalue weighted by molar-refractivity contribution is 5.87. The molecule has 1 N–H and O–H groups in total. The second kappa shape index (κ2) is 12.8. The number of carbonyl (C=O) groups excluding carboxylic acids is 2. The van der Waals surface area contributed by atoms with Crippen molar-refractivity contribution in [1.29, 1.82) is 0 Å². The molecule has 0 spiro atoms. The number of nitrogens with one attached hydrogen (secondary N) is 1. The van der Waals surface area contributed by atoms with Crippen LogP contribution in [-0.4, -0.2) is 65.8 Å². The fraction of sp³-hybridized carbons (Fsp3) is 0.448. The highest BCUT2D eigenvalue weighted by Crippen LogP contribution is 2.29. The van der Waals surface area contributed by atoms with E-state index in [1.165, 1.54) is 0 Å². The summed E-state index contributed by atoms with van der Waals surface area (Å²) in [5, 5.41) is 10.7. The van der Waals surface area contributed by atoms with Gasteiger partial charge in [0.15, 0.2) is 0 Å². The quantitative estimate of drug-likeness (QED) is 0.350. The molecule has 0 aliphatic carbocycles. The van der Waals surface area contributed by atoms with Crippen molar-refractivity contribution >= 4 is 17.5 Å². The molecule has 0 atom stereocenters. The second-order valence-electron chi connectivity index (χ2n) is 9.93. The number of rotatable bonds is 12. The zero-order valence-electron chi connectivity index (χ0n) is 23.5. The summed E-state index contributed by atoms with van der Waals surface area (Å²) in [7, 11) is 3.43. The summed E-state index contributed by atoms with van der Waals surface area (Å²) < 4.78 is 10.5. The van der Waals surface area contributed by atoms with Crippen LogP contribution in [0.25, 0.3) is 11.4 Å². The molecule has 1 aliphatic rings. The molecule has 4 rings (SSSR count). The van der Waals surface area contributed by atoms with E-state index in [1.807, 2.05) is 53.2 Å². The Morgan fingerprint density at radius 2 is 1.87 bits per heavy atom. The molecule has 0 saturated carbocycles. The van der Waals surface area contributed by atoms with Gasteiger partial charge in [0.1, 0.15) is 5.75 Å². The number of benzene rings is 2. The van der Waals surface area contributed by atoms with Crippen LogP contribution in [-0.2, 0) is 22.7 Å². The van der Waals surface area contributed by atoms with Crippen molar-refractivity contribution in [2.45, 2.75) is 53.1 Å². The van der Waals surface area contributed by atoms with Crippen molar-refractivity contribution in [3.63, 3.8) is 0 Å². The van der Waals surface area contributed by atoms with Gasteiger partial charge in [-0.15, -0.1) is 0 Å². The summed E-state index contributed by atoms with van der Waals surface area (Å²) in [5.74, 6) is 1.49. The predicted octanol–water partition coefficient (Wildman–Crippen LogP) is 3.86. The Morgan fingerprint density at radius 3 is 2.59 bits per heavy atom. The van der Waals surface area contributed by atoms with Crippen LogP contribution < -0.4 is 15.0 Å². The average molecular weight is 535 g/mol. The van der Waals surface area contributed by atoms with Crippen molar-refractivity contribution in [2.75, 3.05) is 38.7 Å². The van der Waals surface area contributed by atoms with Gasteiger partial charge < -0.3 is 19.5 Å².